The number of benzene rings is 8. The summed E-state index contributed by atoms with van der Waals surface area (Å²) in [6.45, 7) is 0. The van der Waals surface area contributed by atoms with Gasteiger partial charge in [0.05, 0.1) is 22.6 Å². The lowest BCUT2D eigenvalue weighted by Gasteiger charge is -2.13. The maximum absolute atomic E-state index is 5.37. The number of nitrogens with zero attached hydrogens (tertiary/aromatic N) is 4. The zero-order valence-electron chi connectivity index (χ0n) is 29.9. The van der Waals surface area contributed by atoms with Crippen LogP contribution in [0.15, 0.2) is 206 Å². The van der Waals surface area contributed by atoms with E-state index in [-0.39, 0.29) is 0 Å². The molecule has 0 aliphatic heterocycles. The molecule has 0 bridgehead atoms. The van der Waals surface area contributed by atoms with Crippen molar-refractivity contribution in [1.82, 2.24) is 19.7 Å². The van der Waals surface area contributed by atoms with Gasteiger partial charge in [-0.15, -0.1) is 0 Å². The lowest BCUT2D eigenvalue weighted by atomic mass is 9.92. The first kappa shape index (κ1) is 32.2. The Hall–Kier alpha value is -7.43. The molecule has 0 atom stereocenters. The van der Waals surface area contributed by atoms with E-state index in [0.29, 0.717) is 5.82 Å². The summed E-state index contributed by atoms with van der Waals surface area (Å²) >= 11 is 0. The molecule has 8 aromatic carbocycles. The fourth-order valence-corrected chi connectivity index (χ4v) is 7.52. The van der Waals surface area contributed by atoms with Crippen molar-refractivity contribution >= 4 is 21.7 Å². The Morgan fingerprint density at radius 1 is 0.364 bits per heavy atom. The molecule has 10 rings (SSSR count). The number of hydrogen-bond donors (Lipinski definition) is 0. The molecule has 0 aliphatic rings. The Morgan fingerprint density at radius 2 is 0.855 bits per heavy atom. The van der Waals surface area contributed by atoms with Crippen molar-refractivity contribution in [3.05, 3.63) is 206 Å². The van der Waals surface area contributed by atoms with Gasteiger partial charge in [0.2, 0.25) is 0 Å². The maximum Gasteiger partial charge on any atom is 0.160 e. The largest absolute Gasteiger partial charge is 0.232 e. The summed E-state index contributed by atoms with van der Waals surface area (Å²) in [5.41, 5.74) is 13.6. The zero-order chi connectivity index (χ0) is 36.6. The number of rotatable bonds is 7. The summed E-state index contributed by atoms with van der Waals surface area (Å²) in [4.78, 5) is 10.1. The fraction of sp³-hybridized carbons (Fsp3) is 0. The molecular weight excluding hydrogens is 669 g/mol. The van der Waals surface area contributed by atoms with Gasteiger partial charge in [0.1, 0.15) is 5.69 Å². The molecule has 55 heavy (non-hydrogen) atoms. The smallest absolute Gasteiger partial charge is 0.160 e. The van der Waals surface area contributed by atoms with Gasteiger partial charge >= 0.3 is 0 Å². The highest BCUT2D eigenvalue weighted by molar-refractivity contribution is 6.17. The Labute approximate surface area is 319 Å². The van der Waals surface area contributed by atoms with Crippen LogP contribution < -0.4 is 0 Å². The molecule has 0 unspecified atom stereocenters. The Morgan fingerprint density at radius 3 is 1.44 bits per heavy atom. The fourth-order valence-electron chi connectivity index (χ4n) is 7.52. The minimum atomic E-state index is 0.695. The van der Waals surface area contributed by atoms with Crippen LogP contribution in [-0.4, -0.2) is 19.7 Å². The Bertz CT molecular complexity index is 2870. The third kappa shape index (κ3) is 6.06. The Kier molecular flexibility index (Phi) is 8.12. The van der Waals surface area contributed by atoms with E-state index in [0.717, 1.165) is 89.0 Å². The predicted octanol–water partition coefficient (Wildman–Crippen LogP) is 13.0. The summed E-state index contributed by atoms with van der Waals surface area (Å²) in [7, 11) is 0. The van der Waals surface area contributed by atoms with Gasteiger partial charge < -0.3 is 0 Å². The molecule has 0 aliphatic carbocycles. The number of hydrogen-bond acceptors (Lipinski definition) is 3. The second kappa shape index (κ2) is 13.8. The summed E-state index contributed by atoms with van der Waals surface area (Å²) in [6.07, 6.45) is 0. The van der Waals surface area contributed by atoms with Crippen molar-refractivity contribution in [2.75, 3.05) is 0 Å². The summed E-state index contributed by atoms with van der Waals surface area (Å²) in [5.74, 6) is 0.695. The van der Waals surface area contributed by atoms with Gasteiger partial charge in [0.25, 0.3) is 0 Å². The average molecular weight is 703 g/mol. The number of fused-ring (bicyclic) bond motifs is 3. The van der Waals surface area contributed by atoms with Crippen molar-refractivity contribution in [3.63, 3.8) is 0 Å². The van der Waals surface area contributed by atoms with Crippen LogP contribution in [0.2, 0.25) is 0 Å². The highest BCUT2D eigenvalue weighted by Gasteiger charge is 2.21. The molecule has 0 saturated heterocycles. The molecule has 0 radical (unpaired) electrons. The van der Waals surface area contributed by atoms with E-state index in [2.05, 4.69) is 168 Å². The van der Waals surface area contributed by atoms with Gasteiger partial charge in [-0.1, -0.05) is 176 Å². The van der Waals surface area contributed by atoms with E-state index in [9.17, 15) is 0 Å². The van der Waals surface area contributed by atoms with Gasteiger partial charge in [-0.3, -0.25) is 0 Å². The summed E-state index contributed by atoms with van der Waals surface area (Å²) in [5, 5.41) is 8.80. The van der Waals surface area contributed by atoms with E-state index in [4.69, 9.17) is 15.1 Å². The van der Waals surface area contributed by atoms with E-state index in [1.165, 1.54) is 0 Å². The van der Waals surface area contributed by atoms with Crippen LogP contribution in [-0.2, 0) is 0 Å². The topological polar surface area (TPSA) is 43.6 Å². The van der Waals surface area contributed by atoms with Gasteiger partial charge in [0.15, 0.2) is 5.82 Å². The van der Waals surface area contributed by atoms with Crippen LogP contribution in [0.3, 0.4) is 0 Å². The molecule has 258 valence electrons. The van der Waals surface area contributed by atoms with Crippen LogP contribution in [0, 0.1) is 0 Å². The standard InChI is InChI=1S/C51H34N4/c1-6-16-36(17-7-1)44-33-42-31-30-41(32-45(42)50-48(44)49(39-22-12-4-13-23-39)54-55(50)43-24-14-5-15-25-43)35-26-28-40(29-27-35)51-52-46(37-18-8-2-9-19-37)34-47(53-51)38-20-10-3-11-21-38/h1-34H. The highest BCUT2D eigenvalue weighted by Crippen LogP contribution is 2.42. The summed E-state index contributed by atoms with van der Waals surface area (Å²) < 4.78 is 2.13. The van der Waals surface area contributed by atoms with Gasteiger partial charge in [-0.05, 0) is 58.0 Å². The van der Waals surface area contributed by atoms with Crippen LogP contribution >= 0.6 is 0 Å². The first-order valence-corrected chi connectivity index (χ1v) is 18.5. The molecule has 2 heterocycles. The minimum Gasteiger partial charge on any atom is -0.232 e. The molecule has 0 N–H and O–H groups in total. The first-order chi connectivity index (χ1) is 27.3. The van der Waals surface area contributed by atoms with Gasteiger partial charge in [-0.2, -0.15) is 5.10 Å². The Balaban J connectivity index is 1.14. The normalized spacial score (nSPS) is 11.3. The third-order valence-corrected chi connectivity index (χ3v) is 10.2. The maximum atomic E-state index is 5.37. The predicted molar refractivity (Wildman–Crippen MR) is 227 cm³/mol. The molecular formula is C51H34N4. The monoisotopic (exact) mass is 702 g/mol. The van der Waals surface area contributed by atoms with Crippen molar-refractivity contribution in [2.24, 2.45) is 0 Å². The van der Waals surface area contributed by atoms with E-state index in [1.807, 2.05) is 42.5 Å². The number of aromatic nitrogens is 4. The van der Waals surface area contributed by atoms with Crippen LogP contribution in [0.4, 0.5) is 0 Å². The lowest BCUT2D eigenvalue weighted by molar-refractivity contribution is 0.918. The second-order valence-electron chi connectivity index (χ2n) is 13.7. The van der Waals surface area contributed by atoms with Crippen LogP contribution in [0.5, 0.6) is 0 Å². The molecule has 2 aromatic heterocycles. The molecule has 10 aromatic rings. The molecule has 4 heteroatoms. The van der Waals surface area contributed by atoms with Crippen molar-refractivity contribution in [3.8, 4) is 73.1 Å². The molecule has 0 spiro atoms. The van der Waals surface area contributed by atoms with Gasteiger partial charge in [0, 0.05) is 33.0 Å². The molecule has 4 nitrogen and oxygen atoms in total. The van der Waals surface area contributed by atoms with Crippen molar-refractivity contribution in [2.45, 2.75) is 0 Å². The molecule has 0 amide bonds. The quantitative estimate of drug-likeness (QED) is 0.166. The van der Waals surface area contributed by atoms with E-state index in [1.54, 1.807) is 0 Å². The third-order valence-electron chi connectivity index (χ3n) is 10.2. The summed E-state index contributed by atoms with van der Waals surface area (Å²) in [6, 6.07) is 72.0. The molecule has 0 fully saturated rings. The first-order valence-electron chi connectivity index (χ1n) is 18.5. The minimum absolute atomic E-state index is 0.695. The second-order valence-corrected chi connectivity index (χ2v) is 13.7. The van der Waals surface area contributed by atoms with Gasteiger partial charge in [-0.25, -0.2) is 14.6 Å². The highest BCUT2D eigenvalue weighted by atomic mass is 15.3. The average Bonchev–Trinajstić information content (AvgIpc) is 3.69. The SMILES string of the molecule is c1ccc(-c2cc(-c3ccccc3)nc(-c3ccc(-c4ccc5cc(-c6ccccc6)c6c(-c7ccccc7)nn(-c7ccccc7)c6c5c4)cc3)n2)cc1. The lowest BCUT2D eigenvalue weighted by Crippen LogP contribution is -1.97. The van der Waals surface area contributed by atoms with Crippen molar-refractivity contribution < 1.29 is 0 Å². The van der Waals surface area contributed by atoms with Crippen molar-refractivity contribution in [1.29, 1.82) is 0 Å². The molecule has 0 saturated carbocycles. The van der Waals surface area contributed by atoms with E-state index >= 15 is 0 Å². The number of para-hydroxylation sites is 1. The van der Waals surface area contributed by atoms with Crippen LogP contribution in [0.25, 0.3) is 94.8 Å². The van der Waals surface area contributed by atoms with Crippen LogP contribution in [0.1, 0.15) is 0 Å². The zero-order valence-corrected chi connectivity index (χ0v) is 29.9. The van der Waals surface area contributed by atoms with E-state index < -0.39 is 0 Å².